The molecule has 0 saturated carbocycles. The highest BCUT2D eigenvalue weighted by atomic mass is 19.1. The van der Waals surface area contributed by atoms with E-state index in [1.807, 2.05) is 6.92 Å². The number of hydrogen-bond acceptors (Lipinski definition) is 2. The minimum absolute atomic E-state index is 0.174. The van der Waals surface area contributed by atoms with Gasteiger partial charge in [-0.15, -0.1) is 0 Å². The SMILES string of the molecule is Cc1c(C(C)N)cnn1-c1ccc(F)cc1F. The second kappa shape index (κ2) is 4.25. The minimum atomic E-state index is -0.646. The van der Waals surface area contributed by atoms with Crippen LogP contribution in [0, 0.1) is 18.6 Å². The van der Waals surface area contributed by atoms with Gasteiger partial charge in [0.05, 0.1) is 6.20 Å². The number of benzene rings is 1. The second-order valence-corrected chi connectivity index (χ2v) is 3.98. The maximum absolute atomic E-state index is 13.6. The summed E-state index contributed by atoms with van der Waals surface area (Å²) in [5.74, 6) is -1.25. The highest BCUT2D eigenvalue weighted by molar-refractivity contribution is 5.37. The number of nitrogens with two attached hydrogens (primary N) is 1. The molecule has 90 valence electrons. The molecule has 0 fully saturated rings. The van der Waals surface area contributed by atoms with Crippen molar-refractivity contribution < 1.29 is 8.78 Å². The van der Waals surface area contributed by atoms with Crippen molar-refractivity contribution in [2.75, 3.05) is 0 Å². The molecule has 0 amide bonds. The van der Waals surface area contributed by atoms with Crippen molar-refractivity contribution in [3.8, 4) is 5.69 Å². The van der Waals surface area contributed by atoms with Gasteiger partial charge in [0.1, 0.15) is 11.5 Å². The average molecular weight is 237 g/mol. The molecule has 2 rings (SSSR count). The first-order valence-corrected chi connectivity index (χ1v) is 5.26. The summed E-state index contributed by atoms with van der Waals surface area (Å²) in [4.78, 5) is 0. The first kappa shape index (κ1) is 11.7. The summed E-state index contributed by atoms with van der Waals surface area (Å²) in [6, 6.07) is 3.22. The Morgan fingerprint density at radius 3 is 2.59 bits per heavy atom. The van der Waals surface area contributed by atoms with Gasteiger partial charge in [0.15, 0.2) is 5.82 Å². The quantitative estimate of drug-likeness (QED) is 0.872. The van der Waals surface area contributed by atoms with E-state index in [9.17, 15) is 8.78 Å². The minimum Gasteiger partial charge on any atom is -0.324 e. The van der Waals surface area contributed by atoms with Gasteiger partial charge in [0.2, 0.25) is 0 Å². The molecule has 1 heterocycles. The standard InChI is InChI=1S/C12H13F2N3/c1-7(15)10-6-16-17(8(10)2)12-4-3-9(13)5-11(12)14/h3-7H,15H2,1-2H3. The van der Waals surface area contributed by atoms with Crippen LogP contribution < -0.4 is 5.73 Å². The molecule has 0 aliphatic heterocycles. The van der Waals surface area contributed by atoms with Crippen molar-refractivity contribution in [3.63, 3.8) is 0 Å². The topological polar surface area (TPSA) is 43.8 Å². The fourth-order valence-electron chi connectivity index (χ4n) is 1.77. The lowest BCUT2D eigenvalue weighted by Gasteiger charge is -2.08. The van der Waals surface area contributed by atoms with E-state index in [1.165, 1.54) is 16.8 Å². The van der Waals surface area contributed by atoms with Crippen LogP contribution in [0.15, 0.2) is 24.4 Å². The molecule has 0 spiro atoms. The Bertz CT molecular complexity index is 547. The van der Waals surface area contributed by atoms with E-state index < -0.39 is 11.6 Å². The second-order valence-electron chi connectivity index (χ2n) is 3.98. The molecule has 1 aromatic carbocycles. The summed E-state index contributed by atoms with van der Waals surface area (Å²) >= 11 is 0. The molecular weight excluding hydrogens is 224 g/mol. The molecule has 17 heavy (non-hydrogen) atoms. The number of aromatic nitrogens is 2. The zero-order chi connectivity index (χ0) is 12.6. The zero-order valence-electron chi connectivity index (χ0n) is 9.61. The predicted molar refractivity (Wildman–Crippen MR) is 60.8 cm³/mol. The van der Waals surface area contributed by atoms with Gasteiger partial charge in [-0.3, -0.25) is 0 Å². The van der Waals surface area contributed by atoms with Crippen molar-refractivity contribution in [2.45, 2.75) is 19.9 Å². The predicted octanol–water partition coefficient (Wildman–Crippen LogP) is 2.48. The molecule has 1 atom stereocenters. The van der Waals surface area contributed by atoms with Gasteiger partial charge in [-0.05, 0) is 26.0 Å². The fraction of sp³-hybridized carbons (Fsp3) is 0.250. The van der Waals surface area contributed by atoms with E-state index in [-0.39, 0.29) is 11.7 Å². The number of nitrogens with zero attached hydrogens (tertiary/aromatic N) is 2. The van der Waals surface area contributed by atoms with E-state index in [0.29, 0.717) is 0 Å². The van der Waals surface area contributed by atoms with E-state index in [1.54, 1.807) is 13.1 Å². The molecule has 0 bridgehead atoms. The van der Waals surface area contributed by atoms with Crippen LogP contribution in [0.4, 0.5) is 8.78 Å². The van der Waals surface area contributed by atoms with Crippen LogP contribution in [0.2, 0.25) is 0 Å². The summed E-state index contributed by atoms with van der Waals surface area (Å²) in [5.41, 5.74) is 7.58. The molecule has 0 radical (unpaired) electrons. The van der Waals surface area contributed by atoms with E-state index in [0.717, 1.165) is 17.3 Å². The normalized spacial score (nSPS) is 12.8. The molecular formula is C12H13F2N3. The molecule has 1 aromatic heterocycles. The Hall–Kier alpha value is -1.75. The van der Waals surface area contributed by atoms with E-state index in [2.05, 4.69) is 5.10 Å². The first-order valence-electron chi connectivity index (χ1n) is 5.26. The van der Waals surface area contributed by atoms with Crippen LogP contribution >= 0.6 is 0 Å². The Labute approximate surface area is 97.9 Å². The lowest BCUT2D eigenvalue weighted by atomic mass is 10.1. The Balaban J connectivity index is 2.54. The smallest absolute Gasteiger partial charge is 0.151 e. The highest BCUT2D eigenvalue weighted by Gasteiger charge is 2.14. The third kappa shape index (κ3) is 2.06. The van der Waals surface area contributed by atoms with Gasteiger partial charge in [-0.25, -0.2) is 13.5 Å². The van der Waals surface area contributed by atoms with E-state index >= 15 is 0 Å². The average Bonchev–Trinajstić information content (AvgIpc) is 2.60. The van der Waals surface area contributed by atoms with Crippen LogP contribution in [0.25, 0.3) is 5.69 Å². The fourth-order valence-corrected chi connectivity index (χ4v) is 1.77. The van der Waals surface area contributed by atoms with Gasteiger partial charge in [-0.2, -0.15) is 5.10 Å². The summed E-state index contributed by atoms with van der Waals surface area (Å²) < 4.78 is 27.8. The summed E-state index contributed by atoms with van der Waals surface area (Å²) in [5, 5.41) is 4.07. The third-order valence-electron chi connectivity index (χ3n) is 2.68. The van der Waals surface area contributed by atoms with Crippen LogP contribution in [-0.4, -0.2) is 9.78 Å². The lowest BCUT2D eigenvalue weighted by molar-refractivity contribution is 0.572. The van der Waals surface area contributed by atoms with Crippen LogP contribution in [-0.2, 0) is 0 Å². The van der Waals surface area contributed by atoms with E-state index in [4.69, 9.17) is 5.73 Å². The van der Waals surface area contributed by atoms with Crippen molar-refractivity contribution in [3.05, 3.63) is 47.3 Å². The van der Waals surface area contributed by atoms with Crippen molar-refractivity contribution in [1.29, 1.82) is 0 Å². The monoisotopic (exact) mass is 237 g/mol. The number of hydrogen-bond donors (Lipinski definition) is 1. The Morgan fingerprint density at radius 1 is 1.35 bits per heavy atom. The zero-order valence-corrected chi connectivity index (χ0v) is 9.61. The summed E-state index contributed by atoms with van der Waals surface area (Å²) in [6.45, 7) is 3.63. The molecule has 0 saturated heterocycles. The van der Waals surface area contributed by atoms with Crippen LogP contribution in [0.3, 0.4) is 0 Å². The summed E-state index contributed by atoms with van der Waals surface area (Å²) in [7, 11) is 0. The van der Waals surface area contributed by atoms with Crippen molar-refractivity contribution >= 4 is 0 Å². The maximum atomic E-state index is 13.6. The van der Waals surface area contributed by atoms with Crippen molar-refractivity contribution in [2.24, 2.45) is 5.73 Å². The molecule has 0 aliphatic rings. The molecule has 3 nitrogen and oxygen atoms in total. The largest absolute Gasteiger partial charge is 0.324 e. The third-order valence-corrected chi connectivity index (χ3v) is 2.68. The molecule has 1 unspecified atom stereocenters. The lowest BCUT2D eigenvalue weighted by Crippen LogP contribution is -2.07. The van der Waals surface area contributed by atoms with Gasteiger partial charge < -0.3 is 5.73 Å². The Kier molecular flexibility index (Phi) is 2.93. The van der Waals surface area contributed by atoms with Gasteiger partial charge in [0.25, 0.3) is 0 Å². The number of halogens is 2. The number of rotatable bonds is 2. The summed E-state index contributed by atoms with van der Waals surface area (Å²) in [6.07, 6.45) is 1.60. The molecule has 0 aliphatic carbocycles. The van der Waals surface area contributed by atoms with Crippen molar-refractivity contribution in [1.82, 2.24) is 9.78 Å². The Morgan fingerprint density at radius 2 is 2.06 bits per heavy atom. The molecule has 2 N–H and O–H groups in total. The molecule has 5 heteroatoms. The van der Waals surface area contributed by atoms with Gasteiger partial charge in [0, 0.05) is 23.4 Å². The van der Waals surface area contributed by atoms with Crippen LogP contribution in [0.1, 0.15) is 24.2 Å². The maximum Gasteiger partial charge on any atom is 0.151 e. The molecule has 2 aromatic rings. The first-order chi connectivity index (χ1) is 8.00. The highest BCUT2D eigenvalue weighted by Crippen LogP contribution is 2.20. The van der Waals surface area contributed by atoms with Gasteiger partial charge in [-0.1, -0.05) is 0 Å². The van der Waals surface area contributed by atoms with Gasteiger partial charge >= 0.3 is 0 Å². The van der Waals surface area contributed by atoms with Crippen LogP contribution in [0.5, 0.6) is 0 Å².